The molecule has 0 atom stereocenters. The fourth-order valence-electron chi connectivity index (χ4n) is 2.33. The molecule has 2 aromatic carbocycles. The number of methoxy groups -OCH3 is 2. The predicted molar refractivity (Wildman–Crippen MR) is 100 cm³/mol. The first-order valence-electron chi connectivity index (χ1n) is 8.37. The Hall–Kier alpha value is -3.72. The molecule has 9 heteroatoms. The van der Waals surface area contributed by atoms with Crippen molar-refractivity contribution in [3.8, 4) is 0 Å². The van der Waals surface area contributed by atoms with Crippen molar-refractivity contribution in [3.05, 3.63) is 64.7 Å². The highest BCUT2D eigenvalue weighted by atomic mass is 16.5. The summed E-state index contributed by atoms with van der Waals surface area (Å²) < 4.78 is 14.2. The van der Waals surface area contributed by atoms with E-state index in [1.807, 2.05) is 0 Å². The van der Waals surface area contributed by atoms with Crippen molar-refractivity contribution >= 4 is 29.5 Å². The number of amides is 1. The van der Waals surface area contributed by atoms with Crippen LogP contribution < -0.4 is 5.32 Å². The number of rotatable bonds is 7. The van der Waals surface area contributed by atoms with Gasteiger partial charge in [-0.2, -0.15) is 0 Å². The summed E-state index contributed by atoms with van der Waals surface area (Å²) >= 11 is 0. The topological polar surface area (TPSA) is 128 Å². The largest absolute Gasteiger partial charge is 0.465 e. The molecular weight excluding hydrogens is 382 g/mol. The van der Waals surface area contributed by atoms with Crippen LogP contribution >= 0.6 is 0 Å². The second kappa shape index (κ2) is 10.00. The van der Waals surface area contributed by atoms with Crippen molar-refractivity contribution in [1.29, 1.82) is 0 Å². The monoisotopic (exact) mass is 401 g/mol. The maximum absolute atomic E-state index is 12.2. The number of aliphatic hydroxyl groups is 1. The molecule has 0 bridgehead atoms. The average molecular weight is 401 g/mol. The highest BCUT2D eigenvalue weighted by molar-refractivity contribution is 6.04. The molecule has 152 valence electrons. The van der Waals surface area contributed by atoms with Crippen LogP contribution in [-0.4, -0.2) is 49.7 Å². The molecule has 0 aliphatic rings. The van der Waals surface area contributed by atoms with Crippen LogP contribution in [0.25, 0.3) is 0 Å². The lowest BCUT2D eigenvalue weighted by atomic mass is 10.1. The van der Waals surface area contributed by atoms with Crippen LogP contribution in [0.5, 0.6) is 0 Å². The Balaban J connectivity index is 2.08. The zero-order valence-electron chi connectivity index (χ0n) is 15.8. The first-order valence-corrected chi connectivity index (χ1v) is 8.37. The van der Waals surface area contributed by atoms with Crippen LogP contribution in [0.2, 0.25) is 0 Å². The van der Waals surface area contributed by atoms with Crippen molar-refractivity contribution < 1.29 is 38.5 Å². The van der Waals surface area contributed by atoms with Gasteiger partial charge in [0, 0.05) is 0 Å². The summed E-state index contributed by atoms with van der Waals surface area (Å²) in [4.78, 5) is 47.7. The Labute approximate surface area is 166 Å². The lowest BCUT2D eigenvalue weighted by molar-refractivity contribution is -0.119. The zero-order valence-corrected chi connectivity index (χ0v) is 15.8. The molecule has 0 heterocycles. The highest BCUT2D eigenvalue weighted by Crippen LogP contribution is 2.20. The molecule has 0 fully saturated rings. The van der Waals surface area contributed by atoms with E-state index in [0.717, 1.165) is 0 Å². The normalized spacial score (nSPS) is 10.0. The third-order valence-electron chi connectivity index (χ3n) is 3.83. The van der Waals surface area contributed by atoms with E-state index >= 15 is 0 Å². The van der Waals surface area contributed by atoms with Crippen molar-refractivity contribution in [2.45, 2.75) is 6.61 Å². The van der Waals surface area contributed by atoms with Crippen molar-refractivity contribution in [1.82, 2.24) is 0 Å². The minimum absolute atomic E-state index is 0.00750. The van der Waals surface area contributed by atoms with Gasteiger partial charge in [-0.05, 0) is 35.9 Å². The predicted octanol–water partition coefficient (Wildman–Crippen LogP) is 1.55. The Bertz CT molecular complexity index is 921. The summed E-state index contributed by atoms with van der Waals surface area (Å²) in [7, 11) is 2.37. The van der Waals surface area contributed by atoms with Gasteiger partial charge in [-0.1, -0.05) is 12.1 Å². The van der Waals surface area contributed by atoms with E-state index in [4.69, 9.17) is 9.84 Å². The van der Waals surface area contributed by atoms with Gasteiger partial charge in [-0.15, -0.1) is 0 Å². The third kappa shape index (κ3) is 5.63. The smallest absolute Gasteiger partial charge is 0.339 e. The maximum atomic E-state index is 12.2. The second-order valence-corrected chi connectivity index (χ2v) is 5.72. The molecule has 0 aromatic heterocycles. The van der Waals surface area contributed by atoms with Crippen LogP contribution in [0.3, 0.4) is 0 Å². The molecule has 0 saturated heterocycles. The number of hydrogen-bond acceptors (Lipinski definition) is 8. The highest BCUT2D eigenvalue weighted by Gasteiger charge is 2.18. The number of anilines is 1. The fourth-order valence-corrected chi connectivity index (χ4v) is 2.33. The molecule has 0 spiro atoms. The Morgan fingerprint density at radius 1 is 0.862 bits per heavy atom. The van der Waals surface area contributed by atoms with Crippen LogP contribution in [0.1, 0.15) is 36.6 Å². The van der Waals surface area contributed by atoms with E-state index in [1.165, 1.54) is 44.6 Å². The summed E-state index contributed by atoms with van der Waals surface area (Å²) in [5.74, 6) is -2.84. The molecule has 0 saturated carbocycles. The minimum Gasteiger partial charge on any atom is -0.465 e. The number of benzene rings is 2. The molecule has 9 nitrogen and oxygen atoms in total. The SMILES string of the molecule is COC(=O)c1ccc(C(=O)OC)c(NC(=O)COC(=O)c2ccc(CO)cc2)c1. The molecule has 1 amide bonds. The summed E-state index contributed by atoms with van der Waals surface area (Å²) in [6.45, 7) is -0.783. The Morgan fingerprint density at radius 3 is 2.07 bits per heavy atom. The standard InChI is InChI=1S/C20H19NO8/c1-27-18(24)14-7-8-15(20(26)28-2)16(9-14)21-17(23)11-29-19(25)13-5-3-12(10-22)4-6-13/h3-9,22H,10-11H2,1-2H3,(H,21,23). The molecule has 2 N–H and O–H groups in total. The van der Waals surface area contributed by atoms with E-state index < -0.39 is 30.4 Å². The Kier molecular flexibility index (Phi) is 7.44. The summed E-state index contributed by atoms with van der Waals surface area (Å²) in [6, 6.07) is 9.94. The molecule has 2 rings (SSSR count). The van der Waals surface area contributed by atoms with Gasteiger partial charge in [0.15, 0.2) is 6.61 Å². The van der Waals surface area contributed by atoms with E-state index in [9.17, 15) is 19.2 Å². The van der Waals surface area contributed by atoms with Gasteiger partial charge in [-0.3, -0.25) is 4.79 Å². The van der Waals surface area contributed by atoms with Gasteiger partial charge in [0.05, 0.1) is 43.2 Å². The first-order chi connectivity index (χ1) is 13.9. The summed E-state index contributed by atoms with van der Waals surface area (Å²) in [5.41, 5.74) is 0.960. The molecule has 29 heavy (non-hydrogen) atoms. The van der Waals surface area contributed by atoms with E-state index in [-0.39, 0.29) is 29.0 Å². The van der Waals surface area contributed by atoms with Gasteiger partial charge in [0.2, 0.25) is 0 Å². The van der Waals surface area contributed by atoms with Crippen LogP contribution in [0.15, 0.2) is 42.5 Å². The fraction of sp³-hybridized carbons (Fsp3) is 0.200. The van der Waals surface area contributed by atoms with Crippen LogP contribution in [-0.2, 0) is 25.6 Å². The number of ether oxygens (including phenoxy) is 3. The summed E-state index contributed by atoms with van der Waals surface area (Å²) in [6.07, 6.45) is 0. The van der Waals surface area contributed by atoms with E-state index in [2.05, 4.69) is 14.8 Å². The molecule has 0 radical (unpaired) electrons. The lowest BCUT2D eigenvalue weighted by Crippen LogP contribution is -2.22. The number of nitrogens with one attached hydrogen (secondary N) is 1. The van der Waals surface area contributed by atoms with E-state index in [1.54, 1.807) is 12.1 Å². The molecule has 0 unspecified atom stereocenters. The number of aliphatic hydroxyl groups excluding tert-OH is 1. The molecule has 0 aliphatic carbocycles. The Morgan fingerprint density at radius 2 is 1.48 bits per heavy atom. The van der Waals surface area contributed by atoms with Crippen molar-refractivity contribution in [3.63, 3.8) is 0 Å². The maximum Gasteiger partial charge on any atom is 0.339 e. The van der Waals surface area contributed by atoms with Gasteiger partial charge < -0.3 is 24.6 Å². The first kappa shape index (κ1) is 21.6. The number of carbonyl (C=O) groups excluding carboxylic acids is 4. The lowest BCUT2D eigenvalue weighted by Gasteiger charge is -2.12. The molecular formula is C20H19NO8. The minimum atomic E-state index is -0.735. The van der Waals surface area contributed by atoms with Gasteiger partial charge in [0.25, 0.3) is 5.91 Å². The van der Waals surface area contributed by atoms with Gasteiger partial charge in [0.1, 0.15) is 0 Å². The summed E-state index contributed by atoms with van der Waals surface area (Å²) in [5, 5.41) is 11.4. The van der Waals surface area contributed by atoms with Crippen molar-refractivity contribution in [2.75, 3.05) is 26.1 Å². The van der Waals surface area contributed by atoms with Gasteiger partial charge in [-0.25, -0.2) is 14.4 Å². The molecule has 0 aliphatic heterocycles. The van der Waals surface area contributed by atoms with Gasteiger partial charge >= 0.3 is 17.9 Å². The average Bonchev–Trinajstić information content (AvgIpc) is 2.76. The van der Waals surface area contributed by atoms with Crippen LogP contribution in [0.4, 0.5) is 5.69 Å². The number of carbonyl (C=O) groups is 4. The van der Waals surface area contributed by atoms with Crippen molar-refractivity contribution in [2.24, 2.45) is 0 Å². The third-order valence-corrected chi connectivity index (χ3v) is 3.83. The van der Waals surface area contributed by atoms with E-state index in [0.29, 0.717) is 5.56 Å². The second-order valence-electron chi connectivity index (χ2n) is 5.72. The zero-order chi connectivity index (χ0) is 21.4. The molecule has 2 aromatic rings. The number of hydrogen-bond donors (Lipinski definition) is 2. The number of esters is 3. The quantitative estimate of drug-likeness (QED) is 0.528. The van der Waals surface area contributed by atoms with Crippen LogP contribution in [0, 0.1) is 0 Å².